The quantitative estimate of drug-likeness (QED) is 0.808. The standard InChI is InChI=1S/C10H5Br2ClN2OS/c11-7-2-1-5(13)3-6(7)9(16)15-10-14-4-8(12)17-10/h1-4H,(H,14,15,16). The van der Waals surface area contributed by atoms with Gasteiger partial charge in [0.2, 0.25) is 0 Å². The second-order valence-electron chi connectivity index (χ2n) is 3.05. The van der Waals surface area contributed by atoms with Crippen LogP contribution in [-0.4, -0.2) is 10.9 Å². The lowest BCUT2D eigenvalue weighted by atomic mass is 10.2. The Morgan fingerprint density at radius 3 is 2.82 bits per heavy atom. The van der Waals surface area contributed by atoms with E-state index in [1.165, 1.54) is 11.3 Å². The zero-order chi connectivity index (χ0) is 12.4. The first-order chi connectivity index (χ1) is 8.06. The van der Waals surface area contributed by atoms with Crippen molar-refractivity contribution in [3.05, 3.63) is 43.2 Å². The molecule has 0 saturated carbocycles. The molecule has 1 heterocycles. The van der Waals surface area contributed by atoms with Crippen molar-refractivity contribution in [3.63, 3.8) is 0 Å². The molecule has 0 unspecified atom stereocenters. The van der Waals surface area contributed by atoms with Gasteiger partial charge in [-0.25, -0.2) is 4.98 Å². The van der Waals surface area contributed by atoms with Crippen molar-refractivity contribution in [3.8, 4) is 0 Å². The Kier molecular flexibility index (Phi) is 4.19. The summed E-state index contributed by atoms with van der Waals surface area (Å²) in [5, 5.41) is 3.75. The number of nitrogens with zero attached hydrogens (tertiary/aromatic N) is 1. The molecule has 2 aromatic rings. The average Bonchev–Trinajstić information content (AvgIpc) is 2.67. The summed E-state index contributed by atoms with van der Waals surface area (Å²) in [4.78, 5) is 16.0. The van der Waals surface area contributed by atoms with E-state index in [0.717, 1.165) is 3.79 Å². The number of hydrogen-bond donors (Lipinski definition) is 1. The number of anilines is 1. The van der Waals surface area contributed by atoms with Gasteiger partial charge in [-0.2, -0.15) is 0 Å². The topological polar surface area (TPSA) is 42.0 Å². The van der Waals surface area contributed by atoms with Crippen LogP contribution in [0.1, 0.15) is 10.4 Å². The van der Waals surface area contributed by atoms with Crippen LogP contribution in [0.5, 0.6) is 0 Å². The van der Waals surface area contributed by atoms with Gasteiger partial charge in [0.05, 0.1) is 15.5 Å². The van der Waals surface area contributed by atoms with Gasteiger partial charge in [0, 0.05) is 9.50 Å². The predicted molar refractivity (Wildman–Crippen MR) is 76.9 cm³/mol. The molecule has 0 bridgehead atoms. The molecular weight excluding hydrogens is 391 g/mol. The Hall–Kier alpha value is -0.430. The number of halogens is 3. The lowest BCUT2D eigenvalue weighted by molar-refractivity contribution is 0.102. The highest BCUT2D eigenvalue weighted by molar-refractivity contribution is 9.11. The van der Waals surface area contributed by atoms with Crippen molar-refractivity contribution < 1.29 is 4.79 Å². The second kappa shape index (κ2) is 5.48. The van der Waals surface area contributed by atoms with Crippen molar-refractivity contribution in [2.24, 2.45) is 0 Å². The molecule has 17 heavy (non-hydrogen) atoms. The molecule has 0 spiro atoms. The number of aromatic nitrogens is 1. The van der Waals surface area contributed by atoms with Crippen molar-refractivity contribution in [2.45, 2.75) is 0 Å². The van der Waals surface area contributed by atoms with Crippen LogP contribution in [-0.2, 0) is 0 Å². The van der Waals surface area contributed by atoms with Gasteiger partial charge in [-0.15, -0.1) is 0 Å². The van der Waals surface area contributed by atoms with Crippen LogP contribution < -0.4 is 5.32 Å². The first-order valence-corrected chi connectivity index (χ1v) is 7.22. The van der Waals surface area contributed by atoms with E-state index in [1.54, 1.807) is 24.4 Å². The van der Waals surface area contributed by atoms with E-state index >= 15 is 0 Å². The number of nitrogens with one attached hydrogen (secondary N) is 1. The maximum absolute atomic E-state index is 11.9. The van der Waals surface area contributed by atoms with Crippen molar-refractivity contribution >= 4 is 65.8 Å². The third-order valence-corrected chi connectivity index (χ3v) is 4.19. The van der Waals surface area contributed by atoms with Gasteiger partial charge in [0.25, 0.3) is 5.91 Å². The predicted octanol–water partition coefficient (Wildman–Crippen LogP) is 4.57. The van der Waals surface area contributed by atoms with Gasteiger partial charge in [0.15, 0.2) is 5.13 Å². The Balaban J connectivity index is 2.22. The first-order valence-electron chi connectivity index (χ1n) is 4.44. The molecule has 0 radical (unpaired) electrons. The summed E-state index contributed by atoms with van der Waals surface area (Å²) in [6, 6.07) is 5.04. The van der Waals surface area contributed by atoms with Crippen LogP contribution in [0.2, 0.25) is 5.02 Å². The number of amides is 1. The fourth-order valence-corrected chi connectivity index (χ4v) is 2.85. The van der Waals surface area contributed by atoms with E-state index < -0.39 is 0 Å². The number of hydrogen-bond acceptors (Lipinski definition) is 3. The number of benzene rings is 1. The van der Waals surface area contributed by atoms with Crippen molar-refractivity contribution in [1.82, 2.24) is 4.98 Å². The zero-order valence-electron chi connectivity index (χ0n) is 8.21. The normalized spacial score (nSPS) is 10.3. The molecule has 0 aliphatic carbocycles. The highest BCUT2D eigenvalue weighted by Crippen LogP contribution is 2.26. The molecule has 2 rings (SSSR count). The highest BCUT2D eigenvalue weighted by atomic mass is 79.9. The fraction of sp³-hybridized carbons (Fsp3) is 0. The molecule has 0 aliphatic heterocycles. The number of carbonyl (C=O) groups excluding carboxylic acids is 1. The van der Waals surface area contributed by atoms with Crippen LogP contribution in [0.25, 0.3) is 0 Å². The van der Waals surface area contributed by atoms with E-state index in [9.17, 15) is 4.79 Å². The third kappa shape index (κ3) is 3.28. The van der Waals surface area contributed by atoms with E-state index in [4.69, 9.17) is 11.6 Å². The Morgan fingerprint density at radius 1 is 1.41 bits per heavy atom. The second-order valence-corrected chi connectivity index (χ2v) is 6.75. The first kappa shape index (κ1) is 13.0. The molecule has 0 fully saturated rings. The highest BCUT2D eigenvalue weighted by Gasteiger charge is 2.12. The summed E-state index contributed by atoms with van der Waals surface area (Å²) < 4.78 is 1.55. The summed E-state index contributed by atoms with van der Waals surface area (Å²) in [7, 11) is 0. The van der Waals surface area contributed by atoms with Gasteiger partial charge in [-0.3, -0.25) is 10.1 Å². The monoisotopic (exact) mass is 394 g/mol. The summed E-state index contributed by atoms with van der Waals surface area (Å²) in [5.74, 6) is -0.249. The van der Waals surface area contributed by atoms with Crippen molar-refractivity contribution in [2.75, 3.05) is 5.32 Å². The van der Waals surface area contributed by atoms with Gasteiger partial charge >= 0.3 is 0 Å². The largest absolute Gasteiger partial charge is 0.298 e. The van der Waals surface area contributed by atoms with E-state index in [-0.39, 0.29) is 5.91 Å². The molecule has 1 aromatic carbocycles. The molecule has 88 valence electrons. The Morgan fingerprint density at radius 2 is 2.18 bits per heavy atom. The minimum Gasteiger partial charge on any atom is -0.298 e. The number of rotatable bonds is 2. The van der Waals surface area contributed by atoms with Gasteiger partial charge in [0.1, 0.15) is 0 Å². The summed E-state index contributed by atoms with van der Waals surface area (Å²) in [5.41, 5.74) is 0.476. The van der Waals surface area contributed by atoms with Gasteiger partial charge in [-0.1, -0.05) is 22.9 Å². The van der Waals surface area contributed by atoms with Crippen LogP contribution in [0.4, 0.5) is 5.13 Å². The number of thiazole rings is 1. The van der Waals surface area contributed by atoms with Crippen LogP contribution >= 0.6 is 54.8 Å². The van der Waals surface area contributed by atoms with Crippen LogP contribution in [0.3, 0.4) is 0 Å². The smallest absolute Gasteiger partial charge is 0.258 e. The van der Waals surface area contributed by atoms with E-state index in [2.05, 4.69) is 42.2 Å². The van der Waals surface area contributed by atoms with Crippen LogP contribution in [0, 0.1) is 0 Å². The molecular formula is C10H5Br2ClN2OS. The summed E-state index contributed by atoms with van der Waals surface area (Å²) >= 11 is 13.8. The molecule has 0 saturated heterocycles. The van der Waals surface area contributed by atoms with Crippen LogP contribution in [0.15, 0.2) is 32.7 Å². The third-order valence-electron chi connectivity index (χ3n) is 1.87. The van der Waals surface area contributed by atoms with Gasteiger partial charge < -0.3 is 0 Å². The van der Waals surface area contributed by atoms with E-state index in [1.807, 2.05) is 0 Å². The fourth-order valence-electron chi connectivity index (χ4n) is 1.15. The molecule has 1 amide bonds. The average molecular weight is 396 g/mol. The SMILES string of the molecule is O=C(Nc1ncc(Br)s1)c1cc(Cl)ccc1Br. The minimum atomic E-state index is -0.249. The summed E-state index contributed by atoms with van der Waals surface area (Å²) in [6.45, 7) is 0. The van der Waals surface area contributed by atoms with Gasteiger partial charge in [-0.05, 0) is 50.1 Å². The molecule has 0 atom stereocenters. The minimum absolute atomic E-state index is 0.249. The molecule has 7 heteroatoms. The lowest BCUT2D eigenvalue weighted by Crippen LogP contribution is -2.12. The van der Waals surface area contributed by atoms with Crippen molar-refractivity contribution in [1.29, 1.82) is 0 Å². The summed E-state index contributed by atoms with van der Waals surface area (Å²) in [6.07, 6.45) is 1.63. The Bertz CT molecular complexity index is 573. The molecule has 1 aromatic heterocycles. The van der Waals surface area contributed by atoms with E-state index in [0.29, 0.717) is 20.2 Å². The zero-order valence-corrected chi connectivity index (χ0v) is 13.0. The molecule has 1 N–H and O–H groups in total. The maximum atomic E-state index is 11.9. The lowest BCUT2D eigenvalue weighted by Gasteiger charge is -2.04. The maximum Gasteiger partial charge on any atom is 0.258 e. The molecule has 0 aliphatic rings. The molecule has 3 nitrogen and oxygen atoms in total. The Labute approximate surface area is 123 Å². The number of carbonyl (C=O) groups is 1.